The Bertz CT molecular complexity index is 593. The zero-order chi connectivity index (χ0) is 16.9. The van der Waals surface area contributed by atoms with Crippen molar-refractivity contribution in [2.75, 3.05) is 11.5 Å². The van der Waals surface area contributed by atoms with Crippen LogP contribution in [0, 0.1) is 13.8 Å². The molecule has 2 aliphatic rings. The van der Waals surface area contributed by atoms with E-state index in [-0.39, 0.29) is 5.91 Å². The van der Waals surface area contributed by atoms with Crippen molar-refractivity contribution in [3.63, 3.8) is 0 Å². The van der Waals surface area contributed by atoms with Gasteiger partial charge in [-0.2, -0.15) is 11.8 Å². The topological polar surface area (TPSA) is 34.0 Å². The number of carbonyl (C=O) groups is 1. The van der Waals surface area contributed by atoms with Gasteiger partial charge in [0.25, 0.3) is 0 Å². The van der Waals surface area contributed by atoms with Crippen molar-refractivity contribution >= 4 is 23.7 Å². The smallest absolute Gasteiger partial charge is 0.244 e. The molecular weight excluding hydrogens is 316 g/mol. The maximum atomic E-state index is 12.2. The molecule has 3 nitrogen and oxygen atoms in total. The molecule has 0 unspecified atom stereocenters. The van der Waals surface area contributed by atoms with Crippen LogP contribution in [0.5, 0.6) is 0 Å². The number of hydrogen-bond donors (Lipinski definition) is 1. The van der Waals surface area contributed by atoms with E-state index in [4.69, 9.17) is 0 Å². The van der Waals surface area contributed by atoms with Crippen LogP contribution in [0.25, 0.3) is 6.08 Å². The van der Waals surface area contributed by atoms with E-state index >= 15 is 0 Å². The number of nitrogens with one attached hydrogen (secondary N) is 1. The largest absolute Gasteiger partial charge is 0.350 e. The zero-order valence-corrected chi connectivity index (χ0v) is 15.8. The number of thioether (sulfide) groups is 1. The van der Waals surface area contributed by atoms with E-state index in [2.05, 4.69) is 29.8 Å². The Morgan fingerprint density at radius 2 is 1.88 bits per heavy atom. The van der Waals surface area contributed by atoms with E-state index < -0.39 is 0 Å². The lowest BCUT2D eigenvalue weighted by atomic mass is 9.95. The van der Waals surface area contributed by atoms with Gasteiger partial charge in [-0.25, -0.2) is 0 Å². The van der Waals surface area contributed by atoms with Crippen molar-refractivity contribution in [3.8, 4) is 0 Å². The van der Waals surface area contributed by atoms with Gasteiger partial charge in [0.1, 0.15) is 0 Å². The second kappa shape index (κ2) is 8.28. The molecule has 3 rings (SSSR count). The Labute approximate surface area is 150 Å². The monoisotopic (exact) mass is 346 g/mol. The van der Waals surface area contributed by atoms with E-state index in [0.717, 1.165) is 24.3 Å². The molecular formula is C20H30N2OS. The minimum absolute atomic E-state index is 0.0503. The molecule has 1 aliphatic heterocycles. The van der Waals surface area contributed by atoms with Gasteiger partial charge in [0.2, 0.25) is 5.91 Å². The van der Waals surface area contributed by atoms with E-state index in [1.165, 1.54) is 49.1 Å². The average Bonchev–Trinajstić information content (AvgIpc) is 2.88. The number of rotatable bonds is 4. The van der Waals surface area contributed by atoms with Gasteiger partial charge in [0.15, 0.2) is 0 Å². The minimum atomic E-state index is 0.0503. The Kier molecular flexibility index (Phi) is 6.09. The summed E-state index contributed by atoms with van der Waals surface area (Å²) < 4.78 is 2.50. The third-order valence-corrected chi connectivity index (χ3v) is 6.49. The minimum Gasteiger partial charge on any atom is -0.350 e. The van der Waals surface area contributed by atoms with Crippen molar-refractivity contribution in [1.82, 2.24) is 9.88 Å². The second-order valence-corrected chi connectivity index (χ2v) is 8.44. The number of aromatic nitrogens is 1. The Balaban J connectivity index is 1.65. The lowest BCUT2D eigenvalue weighted by molar-refractivity contribution is -0.117. The Morgan fingerprint density at radius 1 is 1.17 bits per heavy atom. The predicted octanol–water partition coefficient (Wildman–Crippen LogP) is 4.64. The highest BCUT2D eigenvalue weighted by Crippen LogP contribution is 2.32. The summed E-state index contributed by atoms with van der Waals surface area (Å²) in [6, 6.07) is 3.23. The number of amides is 1. The third-order valence-electron chi connectivity index (χ3n) is 5.45. The molecule has 0 atom stereocenters. The van der Waals surface area contributed by atoms with Crippen molar-refractivity contribution in [2.45, 2.75) is 70.9 Å². The Morgan fingerprint density at radius 3 is 2.58 bits per heavy atom. The van der Waals surface area contributed by atoms with Crippen molar-refractivity contribution in [3.05, 3.63) is 29.1 Å². The van der Waals surface area contributed by atoms with Gasteiger partial charge in [-0.3, -0.25) is 4.79 Å². The van der Waals surface area contributed by atoms with Crippen LogP contribution in [0.15, 0.2) is 12.1 Å². The maximum absolute atomic E-state index is 12.2. The molecule has 24 heavy (non-hydrogen) atoms. The fraction of sp³-hybridized carbons (Fsp3) is 0.650. The first-order valence-electron chi connectivity index (χ1n) is 9.40. The molecule has 4 heteroatoms. The molecule has 1 aromatic rings. The summed E-state index contributed by atoms with van der Waals surface area (Å²) in [4.78, 5) is 12.2. The lowest BCUT2D eigenvalue weighted by Crippen LogP contribution is -2.36. The molecule has 1 saturated heterocycles. The van der Waals surface area contributed by atoms with Gasteiger partial charge in [0.05, 0.1) is 0 Å². The molecule has 1 aromatic heterocycles. The molecule has 1 N–H and O–H groups in total. The fourth-order valence-corrected chi connectivity index (χ4v) is 5.24. The zero-order valence-electron chi connectivity index (χ0n) is 15.0. The van der Waals surface area contributed by atoms with Gasteiger partial charge in [0, 0.05) is 29.5 Å². The number of aryl methyl sites for hydroxylation is 1. The van der Waals surface area contributed by atoms with Crippen LogP contribution >= 0.6 is 11.8 Å². The van der Waals surface area contributed by atoms with Crippen molar-refractivity contribution in [1.29, 1.82) is 0 Å². The number of nitrogens with zero attached hydrogens (tertiary/aromatic N) is 1. The van der Waals surface area contributed by atoms with E-state index in [0.29, 0.717) is 12.1 Å². The molecule has 2 fully saturated rings. The first kappa shape index (κ1) is 17.7. The lowest BCUT2D eigenvalue weighted by Gasteiger charge is -2.26. The second-order valence-electron chi connectivity index (χ2n) is 7.22. The summed E-state index contributed by atoms with van der Waals surface area (Å²) >= 11 is 1.98. The van der Waals surface area contributed by atoms with Gasteiger partial charge >= 0.3 is 0 Å². The summed E-state index contributed by atoms with van der Waals surface area (Å²) in [5.41, 5.74) is 3.81. The standard InChI is InChI=1S/C20H30N2OS/c1-15-14-17(16(2)22(15)19-6-4-3-5-7-19)8-9-20(23)21-18-10-12-24-13-11-18/h8-9,14,18-19H,3-7,10-13H2,1-2H3,(H,21,23)/b9-8+. The normalized spacial score (nSPS) is 20.6. The first-order chi connectivity index (χ1) is 11.6. The highest BCUT2D eigenvalue weighted by Gasteiger charge is 2.19. The van der Waals surface area contributed by atoms with Gasteiger partial charge < -0.3 is 9.88 Å². The van der Waals surface area contributed by atoms with Gasteiger partial charge in [-0.05, 0) is 68.7 Å². The van der Waals surface area contributed by atoms with Crippen molar-refractivity contribution < 1.29 is 4.79 Å². The third kappa shape index (κ3) is 4.27. The first-order valence-corrected chi connectivity index (χ1v) is 10.6. The quantitative estimate of drug-likeness (QED) is 0.806. The van der Waals surface area contributed by atoms with Crippen LogP contribution in [-0.4, -0.2) is 28.0 Å². The highest BCUT2D eigenvalue weighted by molar-refractivity contribution is 7.99. The summed E-state index contributed by atoms with van der Waals surface area (Å²) in [6.07, 6.45) is 12.6. The van der Waals surface area contributed by atoms with E-state index in [1.54, 1.807) is 6.08 Å². The number of carbonyl (C=O) groups excluding carboxylic acids is 1. The summed E-state index contributed by atoms with van der Waals surface area (Å²) in [5.74, 6) is 2.38. The highest BCUT2D eigenvalue weighted by atomic mass is 32.2. The van der Waals surface area contributed by atoms with E-state index in [9.17, 15) is 4.79 Å². The van der Waals surface area contributed by atoms with Crippen LogP contribution in [0.2, 0.25) is 0 Å². The van der Waals surface area contributed by atoms with Crippen LogP contribution in [0.1, 0.15) is 67.9 Å². The summed E-state index contributed by atoms with van der Waals surface area (Å²) in [5, 5.41) is 3.15. The van der Waals surface area contributed by atoms with Crippen molar-refractivity contribution in [2.24, 2.45) is 0 Å². The Hall–Kier alpha value is -1.16. The van der Waals surface area contributed by atoms with Crippen LogP contribution in [0.4, 0.5) is 0 Å². The predicted molar refractivity (Wildman–Crippen MR) is 104 cm³/mol. The molecule has 1 saturated carbocycles. The molecule has 1 amide bonds. The van der Waals surface area contributed by atoms with Crippen LogP contribution < -0.4 is 5.32 Å². The molecule has 0 aromatic carbocycles. The number of hydrogen-bond acceptors (Lipinski definition) is 2. The molecule has 132 valence electrons. The molecule has 0 bridgehead atoms. The summed E-state index contributed by atoms with van der Waals surface area (Å²) in [6.45, 7) is 4.39. The average molecular weight is 347 g/mol. The van der Waals surface area contributed by atoms with Crippen LogP contribution in [0.3, 0.4) is 0 Å². The molecule has 0 spiro atoms. The SMILES string of the molecule is Cc1cc(/C=C/C(=O)NC2CCSCC2)c(C)n1C1CCCCC1. The molecule has 0 radical (unpaired) electrons. The fourth-order valence-electron chi connectivity index (χ4n) is 4.13. The summed E-state index contributed by atoms with van der Waals surface area (Å²) in [7, 11) is 0. The van der Waals surface area contributed by atoms with E-state index in [1.807, 2.05) is 17.8 Å². The van der Waals surface area contributed by atoms with Crippen LogP contribution in [-0.2, 0) is 4.79 Å². The molecule has 1 aliphatic carbocycles. The van der Waals surface area contributed by atoms with Gasteiger partial charge in [-0.1, -0.05) is 19.3 Å². The molecule has 2 heterocycles. The van der Waals surface area contributed by atoms with Gasteiger partial charge in [-0.15, -0.1) is 0 Å². The maximum Gasteiger partial charge on any atom is 0.244 e.